The molecule has 1 saturated carbocycles. The van der Waals surface area contributed by atoms with E-state index in [1.54, 1.807) is 30.0 Å². The number of carboxylic acid groups (broad SMARTS) is 1. The Morgan fingerprint density at radius 1 is 1.06 bits per heavy atom. The lowest BCUT2D eigenvalue weighted by molar-refractivity contribution is -0.163. The van der Waals surface area contributed by atoms with E-state index in [2.05, 4.69) is 0 Å². The van der Waals surface area contributed by atoms with Crippen LogP contribution in [-0.4, -0.2) is 50.3 Å². The fourth-order valence-corrected chi connectivity index (χ4v) is 5.81. The van der Waals surface area contributed by atoms with Gasteiger partial charge in [0.05, 0.1) is 30.0 Å². The molecule has 4 rings (SSSR count). The summed E-state index contributed by atoms with van der Waals surface area (Å²) in [7, 11) is 0. The Morgan fingerprint density at radius 3 is 2.33 bits per heavy atom. The van der Waals surface area contributed by atoms with Crippen molar-refractivity contribution in [2.45, 2.75) is 62.8 Å². The molecular formula is C25H27Cl2NO5. The Bertz CT molecular complexity index is 1050. The van der Waals surface area contributed by atoms with Gasteiger partial charge in [0.2, 0.25) is 5.91 Å². The number of carbonyl (C=O) groups excluding carboxylic acids is 1. The predicted molar refractivity (Wildman–Crippen MR) is 125 cm³/mol. The number of halogens is 2. The molecule has 0 aromatic heterocycles. The minimum atomic E-state index is -1.19. The molecule has 0 bridgehead atoms. The molecule has 8 heteroatoms. The summed E-state index contributed by atoms with van der Waals surface area (Å²) < 4.78 is 0. The second-order valence-electron chi connectivity index (χ2n) is 9.41. The lowest BCUT2D eigenvalue weighted by Gasteiger charge is -2.52. The van der Waals surface area contributed by atoms with Crippen molar-refractivity contribution >= 4 is 35.1 Å². The number of piperidine rings is 1. The van der Waals surface area contributed by atoms with Gasteiger partial charge in [0.25, 0.3) is 0 Å². The lowest BCUT2D eigenvalue weighted by Crippen LogP contribution is -2.58. The zero-order chi connectivity index (χ0) is 23.9. The van der Waals surface area contributed by atoms with Crippen molar-refractivity contribution in [2.75, 3.05) is 0 Å². The molecule has 1 aliphatic heterocycles. The van der Waals surface area contributed by atoms with Crippen molar-refractivity contribution in [1.82, 2.24) is 4.90 Å². The van der Waals surface area contributed by atoms with Crippen LogP contribution in [0.2, 0.25) is 10.0 Å². The highest BCUT2D eigenvalue weighted by Gasteiger charge is 2.54. The highest BCUT2D eigenvalue weighted by molar-refractivity contribution is 6.30. The number of aliphatic carboxylic acids is 1. The van der Waals surface area contributed by atoms with Crippen LogP contribution in [0, 0.1) is 5.41 Å². The highest BCUT2D eigenvalue weighted by atomic mass is 35.5. The second-order valence-corrected chi connectivity index (χ2v) is 10.3. The minimum absolute atomic E-state index is 0.281. The molecule has 6 nitrogen and oxygen atoms in total. The molecule has 1 saturated heterocycles. The first kappa shape index (κ1) is 24.0. The summed E-state index contributed by atoms with van der Waals surface area (Å²) in [6, 6.07) is 13.4. The number of aliphatic hydroxyl groups excluding tert-OH is 2. The van der Waals surface area contributed by atoms with Crippen LogP contribution in [0.4, 0.5) is 0 Å². The Morgan fingerprint density at radius 2 is 1.76 bits per heavy atom. The molecule has 2 fully saturated rings. The summed E-state index contributed by atoms with van der Waals surface area (Å²) >= 11 is 12.4. The average molecular weight is 492 g/mol. The van der Waals surface area contributed by atoms with Crippen LogP contribution < -0.4 is 0 Å². The zero-order valence-electron chi connectivity index (χ0n) is 18.2. The van der Waals surface area contributed by atoms with Crippen LogP contribution in [0.1, 0.15) is 55.7 Å². The number of carbonyl (C=O) groups is 2. The number of likely N-dealkylation sites (tertiary alicyclic amines) is 1. The first-order chi connectivity index (χ1) is 15.6. The number of hydrogen-bond donors (Lipinski definition) is 3. The molecular weight excluding hydrogens is 465 g/mol. The van der Waals surface area contributed by atoms with Crippen LogP contribution in [0.25, 0.3) is 0 Å². The summed E-state index contributed by atoms with van der Waals surface area (Å²) in [6.45, 7) is 1.67. The minimum Gasteiger partial charge on any atom is -0.481 e. The summed E-state index contributed by atoms with van der Waals surface area (Å²) in [5.41, 5.74) is 0.517. The van der Waals surface area contributed by atoms with Crippen molar-refractivity contribution in [2.24, 2.45) is 5.41 Å². The van der Waals surface area contributed by atoms with Crippen LogP contribution in [0.5, 0.6) is 0 Å². The van der Waals surface area contributed by atoms with Gasteiger partial charge in [-0.2, -0.15) is 0 Å². The second kappa shape index (κ2) is 9.26. The fraction of sp³-hybridized carbons (Fsp3) is 0.440. The molecule has 0 spiro atoms. The van der Waals surface area contributed by atoms with E-state index in [1.165, 1.54) is 0 Å². The maximum absolute atomic E-state index is 13.9. The van der Waals surface area contributed by atoms with E-state index in [-0.39, 0.29) is 18.2 Å². The first-order valence-electron chi connectivity index (χ1n) is 11.0. The van der Waals surface area contributed by atoms with Gasteiger partial charge in [0.1, 0.15) is 6.10 Å². The molecule has 1 aliphatic carbocycles. The van der Waals surface area contributed by atoms with Crippen molar-refractivity contribution in [1.29, 1.82) is 0 Å². The van der Waals surface area contributed by atoms with Gasteiger partial charge >= 0.3 is 5.97 Å². The van der Waals surface area contributed by atoms with E-state index < -0.39 is 35.7 Å². The van der Waals surface area contributed by atoms with Gasteiger partial charge in [-0.15, -0.1) is 0 Å². The van der Waals surface area contributed by atoms with Gasteiger partial charge in [-0.3, -0.25) is 9.59 Å². The standard InChI is InChI=1S/C25H27Cl2NO5/c1-25(13-21(30)31)12-18(15-3-2-4-17(27)11-15)22(14-5-7-16(26)8-6-14)28(24(25)33)19-9-10-20(29)23(19)32/h2-8,11,18-20,22-23,29,32H,9-10,12-13H2,1H3,(H,30,31)/t18-,19+,20+,22?,23-,25-/m1/s1. The molecule has 1 heterocycles. The number of rotatable bonds is 5. The van der Waals surface area contributed by atoms with Crippen molar-refractivity contribution < 1.29 is 24.9 Å². The monoisotopic (exact) mass is 491 g/mol. The van der Waals surface area contributed by atoms with E-state index in [0.29, 0.717) is 29.3 Å². The molecule has 2 aromatic rings. The number of benzene rings is 2. The summed E-state index contributed by atoms with van der Waals surface area (Å²) in [5.74, 6) is -1.68. The number of aliphatic hydroxyl groups is 2. The largest absolute Gasteiger partial charge is 0.481 e. The Kier molecular flexibility index (Phi) is 6.74. The molecule has 2 aliphatic rings. The van der Waals surface area contributed by atoms with E-state index >= 15 is 0 Å². The third-order valence-electron chi connectivity index (χ3n) is 7.04. The Labute approximate surface area is 202 Å². The van der Waals surface area contributed by atoms with Gasteiger partial charge in [-0.25, -0.2) is 0 Å². The molecule has 1 amide bonds. The van der Waals surface area contributed by atoms with E-state index in [9.17, 15) is 24.9 Å². The van der Waals surface area contributed by atoms with Gasteiger partial charge in [-0.1, -0.05) is 54.4 Å². The zero-order valence-corrected chi connectivity index (χ0v) is 19.7. The van der Waals surface area contributed by atoms with E-state index in [4.69, 9.17) is 23.2 Å². The van der Waals surface area contributed by atoms with Crippen LogP contribution in [-0.2, 0) is 9.59 Å². The fourth-order valence-electron chi connectivity index (χ4n) is 5.49. The summed E-state index contributed by atoms with van der Waals surface area (Å²) in [5, 5.41) is 31.8. The van der Waals surface area contributed by atoms with Gasteiger partial charge in [-0.05, 0) is 54.7 Å². The number of nitrogens with zero attached hydrogens (tertiary/aromatic N) is 1. The lowest BCUT2D eigenvalue weighted by atomic mass is 9.67. The predicted octanol–water partition coefficient (Wildman–Crippen LogP) is 4.42. The van der Waals surface area contributed by atoms with Crippen molar-refractivity contribution in [3.63, 3.8) is 0 Å². The van der Waals surface area contributed by atoms with Crippen LogP contribution >= 0.6 is 23.2 Å². The molecule has 2 aromatic carbocycles. The molecule has 1 unspecified atom stereocenters. The maximum Gasteiger partial charge on any atom is 0.304 e. The molecule has 33 heavy (non-hydrogen) atoms. The van der Waals surface area contributed by atoms with Crippen molar-refractivity contribution in [3.8, 4) is 0 Å². The number of hydrogen-bond acceptors (Lipinski definition) is 4. The Hall–Kier alpha value is -2.12. The van der Waals surface area contributed by atoms with Crippen molar-refractivity contribution in [3.05, 3.63) is 69.7 Å². The number of carboxylic acids is 1. The normalized spacial score (nSPS) is 32.2. The van der Waals surface area contributed by atoms with E-state index in [1.807, 2.05) is 30.3 Å². The van der Waals surface area contributed by atoms with Crippen LogP contribution in [0.15, 0.2) is 48.5 Å². The SMILES string of the molecule is C[C@]1(CC(=O)O)C[C@H](c2cccc(Cl)c2)C(c2ccc(Cl)cc2)N([C@H]2CC[C@H](O)[C@@H]2O)C1=O. The highest BCUT2D eigenvalue weighted by Crippen LogP contribution is 2.53. The molecule has 176 valence electrons. The van der Waals surface area contributed by atoms with Crippen LogP contribution in [0.3, 0.4) is 0 Å². The summed E-state index contributed by atoms with van der Waals surface area (Å²) in [6.07, 6.45) is -1.31. The van der Waals surface area contributed by atoms with E-state index in [0.717, 1.165) is 11.1 Å². The number of amides is 1. The third kappa shape index (κ3) is 4.62. The maximum atomic E-state index is 13.9. The molecule has 6 atom stereocenters. The molecule has 0 radical (unpaired) electrons. The first-order valence-corrected chi connectivity index (χ1v) is 11.8. The molecule has 3 N–H and O–H groups in total. The third-order valence-corrected chi connectivity index (χ3v) is 7.52. The summed E-state index contributed by atoms with van der Waals surface area (Å²) in [4.78, 5) is 27.3. The Balaban J connectivity index is 1.90. The average Bonchev–Trinajstić information content (AvgIpc) is 3.08. The van der Waals surface area contributed by atoms with Gasteiger partial charge in [0, 0.05) is 16.0 Å². The quantitative estimate of drug-likeness (QED) is 0.574. The smallest absolute Gasteiger partial charge is 0.304 e. The van der Waals surface area contributed by atoms with Gasteiger partial charge < -0.3 is 20.2 Å². The topological polar surface area (TPSA) is 98.1 Å². The van der Waals surface area contributed by atoms with Gasteiger partial charge in [0.15, 0.2) is 0 Å².